The fourth-order valence-corrected chi connectivity index (χ4v) is 2.42. The van der Waals surface area contributed by atoms with Crippen LogP contribution >= 0.6 is 0 Å². The van der Waals surface area contributed by atoms with E-state index in [1.54, 1.807) is 0 Å². The van der Waals surface area contributed by atoms with Gasteiger partial charge < -0.3 is 9.88 Å². The molecule has 3 rings (SSSR count). The van der Waals surface area contributed by atoms with Gasteiger partial charge in [0.1, 0.15) is 5.82 Å². The molecule has 0 bridgehead atoms. The number of nitrogens with zero attached hydrogens (tertiary/aromatic N) is 1. The van der Waals surface area contributed by atoms with Crippen molar-refractivity contribution in [2.24, 2.45) is 0 Å². The van der Waals surface area contributed by atoms with Gasteiger partial charge in [-0.1, -0.05) is 29.8 Å². The van der Waals surface area contributed by atoms with Crippen LogP contribution in [-0.4, -0.2) is 10.5 Å². The Bertz CT molecular complexity index is 945. The van der Waals surface area contributed by atoms with E-state index in [9.17, 15) is 14.0 Å². The van der Waals surface area contributed by atoms with Gasteiger partial charge in [0.25, 0.3) is 11.5 Å². The standard InChI is InChI=1S/C20H17FN2O2/c1-14-2-4-15(5-3-14)12-23-13-16(6-11-19(23)24)20(25)22-18-9-7-17(21)8-10-18/h2-11,13H,12H2,1H3,(H,22,25). The summed E-state index contributed by atoms with van der Waals surface area (Å²) < 4.78 is 14.4. The minimum absolute atomic E-state index is 0.182. The molecule has 0 aliphatic rings. The molecule has 0 saturated carbocycles. The number of carbonyl (C=O) groups is 1. The number of carbonyl (C=O) groups excluding carboxylic acids is 1. The van der Waals surface area contributed by atoms with Crippen LogP contribution in [0.3, 0.4) is 0 Å². The van der Waals surface area contributed by atoms with Crippen molar-refractivity contribution in [3.8, 4) is 0 Å². The third kappa shape index (κ3) is 4.20. The van der Waals surface area contributed by atoms with Crippen LogP contribution in [-0.2, 0) is 6.54 Å². The third-order valence-electron chi connectivity index (χ3n) is 3.82. The summed E-state index contributed by atoms with van der Waals surface area (Å²) in [6.07, 6.45) is 1.53. The van der Waals surface area contributed by atoms with Crippen molar-refractivity contribution in [3.63, 3.8) is 0 Å². The molecule has 1 amide bonds. The normalized spacial score (nSPS) is 10.5. The second-order valence-electron chi connectivity index (χ2n) is 5.83. The topological polar surface area (TPSA) is 51.1 Å². The zero-order valence-corrected chi connectivity index (χ0v) is 13.7. The van der Waals surface area contributed by atoms with Crippen molar-refractivity contribution in [3.05, 3.63) is 99.7 Å². The lowest BCUT2D eigenvalue weighted by Gasteiger charge is -2.09. The fraction of sp³-hybridized carbons (Fsp3) is 0.100. The van der Waals surface area contributed by atoms with Crippen molar-refractivity contribution in [2.45, 2.75) is 13.5 Å². The van der Waals surface area contributed by atoms with Gasteiger partial charge in [-0.05, 0) is 42.8 Å². The van der Waals surface area contributed by atoms with E-state index in [1.165, 1.54) is 47.2 Å². The van der Waals surface area contributed by atoms with Crippen molar-refractivity contribution >= 4 is 11.6 Å². The number of halogens is 1. The largest absolute Gasteiger partial charge is 0.322 e. The van der Waals surface area contributed by atoms with E-state index in [2.05, 4.69) is 5.32 Å². The van der Waals surface area contributed by atoms with Gasteiger partial charge in [0.05, 0.1) is 12.1 Å². The smallest absolute Gasteiger partial charge is 0.257 e. The summed E-state index contributed by atoms with van der Waals surface area (Å²) in [6, 6.07) is 16.2. The summed E-state index contributed by atoms with van der Waals surface area (Å²) in [6.45, 7) is 2.38. The summed E-state index contributed by atoms with van der Waals surface area (Å²) >= 11 is 0. The predicted molar refractivity (Wildman–Crippen MR) is 95.3 cm³/mol. The van der Waals surface area contributed by atoms with Crippen LogP contribution < -0.4 is 10.9 Å². The number of rotatable bonds is 4. The van der Waals surface area contributed by atoms with E-state index in [1.807, 2.05) is 31.2 Å². The van der Waals surface area contributed by atoms with Gasteiger partial charge in [0.15, 0.2) is 0 Å². The highest BCUT2D eigenvalue weighted by Gasteiger charge is 2.09. The fourth-order valence-electron chi connectivity index (χ4n) is 2.42. The maximum atomic E-state index is 12.9. The third-order valence-corrected chi connectivity index (χ3v) is 3.82. The molecule has 2 aromatic carbocycles. The van der Waals surface area contributed by atoms with Crippen LogP contribution in [0.2, 0.25) is 0 Å². The number of pyridine rings is 1. The van der Waals surface area contributed by atoms with Crippen molar-refractivity contribution < 1.29 is 9.18 Å². The Morgan fingerprint density at radius 2 is 1.68 bits per heavy atom. The summed E-state index contributed by atoms with van der Waals surface area (Å²) in [7, 11) is 0. The molecule has 0 aliphatic carbocycles. The zero-order valence-electron chi connectivity index (χ0n) is 13.7. The summed E-state index contributed by atoms with van der Waals surface area (Å²) in [5.74, 6) is -0.728. The number of anilines is 1. The highest BCUT2D eigenvalue weighted by molar-refractivity contribution is 6.04. The lowest BCUT2D eigenvalue weighted by atomic mass is 10.1. The minimum atomic E-state index is -0.371. The van der Waals surface area contributed by atoms with Gasteiger partial charge in [-0.2, -0.15) is 0 Å². The highest BCUT2D eigenvalue weighted by Crippen LogP contribution is 2.11. The average molecular weight is 336 g/mol. The molecule has 0 unspecified atom stereocenters. The van der Waals surface area contributed by atoms with Gasteiger partial charge in [-0.15, -0.1) is 0 Å². The number of amides is 1. The molecule has 0 fully saturated rings. The second kappa shape index (κ2) is 7.13. The van der Waals surface area contributed by atoms with E-state index < -0.39 is 0 Å². The molecule has 3 aromatic rings. The molecule has 0 radical (unpaired) electrons. The summed E-state index contributed by atoms with van der Waals surface area (Å²) in [5.41, 5.74) is 2.78. The van der Waals surface area contributed by atoms with Crippen LogP contribution in [0.1, 0.15) is 21.5 Å². The first kappa shape index (κ1) is 16.6. The second-order valence-corrected chi connectivity index (χ2v) is 5.83. The van der Waals surface area contributed by atoms with Crippen LogP contribution in [0.25, 0.3) is 0 Å². The quantitative estimate of drug-likeness (QED) is 0.791. The maximum Gasteiger partial charge on any atom is 0.257 e. The molecule has 0 saturated heterocycles. The minimum Gasteiger partial charge on any atom is -0.322 e. The number of benzene rings is 2. The Hall–Kier alpha value is -3.21. The Morgan fingerprint density at radius 1 is 1.00 bits per heavy atom. The van der Waals surface area contributed by atoms with E-state index in [0.29, 0.717) is 17.8 Å². The molecule has 4 nitrogen and oxygen atoms in total. The lowest BCUT2D eigenvalue weighted by molar-refractivity contribution is 0.102. The van der Waals surface area contributed by atoms with E-state index in [0.717, 1.165) is 11.1 Å². The number of nitrogens with one attached hydrogen (secondary N) is 1. The molecular formula is C20H17FN2O2. The van der Waals surface area contributed by atoms with E-state index in [4.69, 9.17) is 0 Å². The SMILES string of the molecule is Cc1ccc(Cn2cc(C(=O)Nc3ccc(F)cc3)ccc2=O)cc1. The van der Waals surface area contributed by atoms with Crippen LogP contribution in [0.15, 0.2) is 71.7 Å². The van der Waals surface area contributed by atoms with Gasteiger partial charge in [-0.25, -0.2) is 4.39 Å². The molecule has 0 spiro atoms. The van der Waals surface area contributed by atoms with Crippen molar-refractivity contribution in [1.82, 2.24) is 4.57 Å². The molecular weight excluding hydrogens is 319 g/mol. The monoisotopic (exact) mass is 336 g/mol. The number of aromatic nitrogens is 1. The average Bonchev–Trinajstić information content (AvgIpc) is 2.60. The van der Waals surface area contributed by atoms with Crippen molar-refractivity contribution in [1.29, 1.82) is 0 Å². The molecule has 0 aliphatic heterocycles. The lowest BCUT2D eigenvalue weighted by Crippen LogP contribution is -2.22. The number of aryl methyl sites for hydroxylation is 1. The summed E-state index contributed by atoms with van der Waals surface area (Å²) in [4.78, 5) is 24.4. The van der Waals surface area contributed by atoms with Gasteiger partial charge in [0, 0.05) is 18.0 Å². The first-order chi connectivity index (χ1) is 12.0. The van der Waals surface area contributed by atoms with Gasteiger partial charge in [0.2, 0.25) is 0 Å². The Morgan fingerprint density at radius 3 is 2.36 bits per heavy atom. The molecule has 5 heteroatoms. The molecule has 25 heavy (non-hydrogen) atoms. The first-order valence-electron chi connectivity index (χ1n) is 7.84. The molecule has 1 heterocycles. The van der Waals surface area contributed by atoms with Crippen LogP contribution in [0.4, 0.5) is 10.1 Å². The Kier molecular flexibility index (Phi) is 4.75. The maximum absolute atomic E-state index is 12.9. The first-order valence-corrected chi connectivity index (χ1v) is 7.84. The molecule has 1 N–H and O–H groups in total. The molecule has 1 aromatic heterocycles. The number of hydrogen-bond acceptors (Lipinski definition) is 2. The zero-order chi connectivity index (χ0) is 17.8. The van der Waals surface area contributed by atoms with Crippen molar-refractivity contribution in [2.75, 3.05) is 5.32 Å². The van der Waals surface area contributed by atoms with Crippen LogP contribution in [0.5, 0.6) is 0 Å². The number of hydrogen-bond donors (Lipinski definition) is 1. The van der Waals surface area contributed by atoms with E-state index in [-0.39, 0.29) is 17.3 Å². The Balaban J connectivity index is 1.80. The molecule has 0 atom stereocenters. The van der Waals surface area contributed by atoms with Gasteiger partial charge >= 0.3 is 0 Å². The van der Waals surface area contributed by atoms with Crippen LogP contribution in [0, 0.1) is 12.7 Å². The predicted octanol–water partition coefficient (Wildman–Crippen LogP) is 3.60. The summed E-state index contributed by atoms with van der Waals surface area (Å²) in [5, 5.41) is 2.68. The Labute approximate surface area is 144 Å². The molecule has 126 valence electrons. The van der Waals surface area contributed by atoms with Gasteiger partial charge in [-0.3, -0.25) is 9.59 Å². The highest BCUT2D eigenvalue weighted by atomic mass is 19.1. The van der Waals surface area contributed by atoms with E-state index >= 15 is 0 Å².